The molecule has 0 atom stereocenters. The van der Waals surface area contributed by atoms with Gasteiger partial charge in [-0.05, 0) is 47.1 Å². The van der Waals surface area contributed by atoms with E-state index in [0.717, 1.165) is 18.4 Å². The Balaban J connectivity index is 2.85. The second kappa shape index (κ2) is 5.13. The summed E-state index contributed by atoms with van der Waals surface area (Å²) in [5.74, 6) is 1.04. The van der Waals surface area contributed by atoms with Gasteiger partial charge in [0, 0.05) is 0 Å². The van der Waals surface area contributed by atoms with Crippen LogP contribution in [0, 0.1) is 11.8 Å². The molecule has 1 nitrogen and oxygen atoms in total. The molecule has 0 spiro atoms. The van der Waals surface area contributed by atoms with Crippen LogP contribution in [0.1, 0.15) is 46.1 Å². The zero-order valence-electron chi connectivity index (χ0n) is 10.2. The Bertz CT molecular complexity index is 265. The van der Waals surface area contributed by atoms with Crippen LogP contribution >= 0.6 is 11.3 Å². The molecule has 1 aromatic rings. The molecular weight excluding hydrogens is 204 g/mol. The van der Waals surface area contributed by atoms with Crippen LogP contribution in [0.5, 0.6) is 0 Å². The third kappa shape index (κ3) is 3.62. The van der Waals surface area contributed by atoms with Crippen molar-refractivity contribution in [3.8, 4) is 0 Å². The van der Waals surface area contributed by atoms with Gasteiger partial charge in [-0.15, -0.1) is 0 Å². The SMILES string of the molecule is CC(C)CC(O)(CC(C)C)c1ccsc1. The summed E-state index contributed by atoms with van der Waals surface area (Å²) in [6, 6.07) is 2.05. The van der Waals surface area contributed by atoms with E-state index in [-0.39, 0.29) is 0 Å². The third-order valence-corrected chi connectivity index (χ3v) is 3.23. The van der Waals surface area contributed by atoms with Crippen LogP contribution in [0.4, 0.5) is 0 Å². The summed E-state index contributed by atoms with van der Waals surface area (Å²) in [6.07, 6.45) is 1.70. The lowest BCUT2D eigenvalue weighted by atomic mass is 9.81. The Morgan fingerprint density at radius 2 is 1.73 bits per heavy atom. The highest BCUT2D eigenvalue weighted by Crippen LogP contribution is 2.35. The first kappa shape index (κ1) is 12.7. The van der Waals surface area contributed by atoms with Gasteiger partial charge in [0.2, 0.25) is 0 Å². The minimum absolute atomic E-state index is 0.522. The van der Waals surface area contributed by atoms with Crippen molar-refractivity contribution >= 4 is 11.3 Å². The zero-order chi connectivity index (χ0) is 11.5. The van der Waals surface area contributed by atoms with Crippen molar-refractivity contribution in [1.82, 2.24) is 0 Å². The van der Waals surface area contributed by atoms with Crippen molar-refractivity contribution in [3.05, 3.63) is 22.4 Å². The first-order valence-electron chi connectivity index (χ1n) is 5.69. The van der Waals surface area contributed by atoms with Gasteiger partial charge in [0.25, 0.3) is 0 Å². The second-order valence-electron chi connectivity index (χ2n) is 5.24. The molecule has 0 aromatic carbocycles. The largest absolute Gasteiger partial charge is 0.385 e. The van der Waals surface area contributed by atoms with Crippen molar-refractivity contribution in [2.75, 3.05) is 0 Å². The fourth-order valence-corrected chi connectivity index (χ4v) is 2.95. The van der Waals surface area contributed by atoms with E-state index in [4.69, 9.17) is 0 Å². The fraction of sp³-hybridized carbons (Fsp3) is 0.692. The van der Waals surface area contributed by atoms with E-state index in [1.54, 1.807) is 11.3 Å². The number of thiophene rings is 1. The van der Waals surface area contributed by atoms with Gasteiger partial charge in [0.15, 0.2) is 0 Å². The molecule has 1 aromatic heterocycles. The average molecular weight is 226 g/mol. The maximum absolute atomic E-state index is 10.7. The quantitative estimate of drug-likeness (QED) is 0.803. The lowest BCUT2D eigenvalue weighted by Gasteiger charge is -2.31. The van der Waals surface area contributed by atoms with Gasteiger partial charge >= 0.3 is 0 Å². The Hall–Kier alpha value is -0.340. The van der Waals surface area contributed by atoms with Gasteiger partial charge in [-0.2, -0.15) is 11.3 Å². The molecule has 0 saturated carbocycles. The van der Waals surface area contributed by atoms with Crippen LogP contribution < -0.4 is 0 Å². The van der Waals surface area contributed by atoms with E-state index < -0.39 is 5.60 Å². The number of aliphatic hydroxyl groups is 1. The monoisotopic (exact) mass is 226 g/mol. The van der Waals surface area contributed by atoms with Crippen molar-refractivity contribution in [2.24, 2.45) is 11.8 Å². The maximum atomic E-state index is 10.7. The van der Waals surface area contributed by atoms with Gasteiger partial charge in [-0.3, -0.25) is 0 Å². The summed E-state index contributed by atoms with van der Waals surface area (Å²) in [5, 5.41) is 14.8. The topological polar surface area (TPSA) is 20.2 Å². The van der Waals surface area contributed by atoms with Gasteiger partial charge in [-0.25, -0.2) is 0 Å². The van der Waals surface area contributed by atoms with Crippen LogP contribution in [0.25, 0.3) is 0 Å². The summed E-state index contributed by atoms with van der Waals surface area (Å²) in [5.41, 5.74) is 0.470. The molecule has 1 heterocycles. The van der Waals surface area contributed by atoms with E-state index in [1.165, 1.54) is 0 Å². The highest BCUT2D eigenvalue weighted by molar-refractivity contribution is 7.08. The summed E-state index contributed by atoms with van der Waals surface area (Å²) >= 11 is 1.66. The Labute approximate surface area is 97.2 Å². The summed E-state index contributed by atoms with van der Waals surface area (Å²) < 4.78 is 0. The fourth-order valence-electron chi connectivity index (χ4n) is 2.20. The van der Waals surface area contributed by atoms with E-state index in [0.29, 0.717) is 11.8 Å². The average Bonchev–Trinajstić information content (AvgIpc) is 2.51. The molecule has 0 saturated heterocycles. The first-order chi connectivity index (χ1) is 6.94. The molecular formula is C13H22OS. The predicted molar refractivity (Wildman–Crippen MR) is 67.1 cm³/mol. The molecule has 0 aliphatic heterocycles. The van der Waals surface area contributed by atoms with E-state index in [9.17, 15) is 5.11 Å². The molecule has 15 heavy (non-hydrogen) atoms. The van der Waals surface area contributed by atoms with E-state index in [1.807, 2.05) is 5.38 Å². The lowest BCUT2D eigenvalue weighted by molar-refractivity contribution is -0.00411. The summed E-state index contributed by atoms with van der Waals surface area (Å²) in [4.78, 5) is 0. The number of rotatable bonds is 5. The van der Waals surface area contributed by atoms with Crippen molar-refractivity contribution in [2.45, 2.75) is 46.1 Å². The first-order valence-corrected chi connectivity index (χ1v) is 6.63. The van der Waals surface area contributed by atoms with E-state index in [2.05, 4.69) is 39.1 Å². The number of hydrogen-bond donors (Lipinski definition) is 1. The molecule has 0 radical (unpaired) electrons. The van der Waals surface area contributed by atoms with Gasteiger partial charge < -0.3 is 5.11 Å². The smallest absolute Gasteiger partial charge is 0.0909 e. The molecule has 1 rings (SSSR count). The Morgan fingerprint density at radius 3 is 2.07 bits per heavy atom. The van der Waals surface area contributed by atoms with E-state index >= 15 is 0 Å². The second-order valence-corrected chi connectivity index (χ2v) is 6.02. The minimum Gasteiger partial charge on any atom is -0.385 e. The molecule has 0 fully saturated rings. The molecule has 0 aliphatic carbocycles. The molecule has 0 bridgehead atoms. The number of hydrogen-bond acceptors (Lipinski definition) is 2. The summed E-state index contributed by atoms with van der Waals surface area (Å²) in [6.45, 7) is 8.66. The van der Waals surface area contributed by atoms with Gasteiger partial charge in [0.1, 0.15) is 0 Å². The Kier molecular flexibility index (Phi) is 4.35. The van der Waals surface area contributed by atoms with Crippen molar-refractivity contribution in [3.63, 3.8) is 0 Å². The molecule has 2 heteroatoms. The van der Waals surface area contributed by atoms with Crippen molar-refractivity contribution < 1.29 is 5.11 Å². The lowest BCUT2D eigenvalue weighted by Crippen LogP contribution is -2.29. The van der Waals surface area contributed by atoms with Crippen molar-refractivity contribution in [1.29, 1.82) is 0 Å². The molecule has 1 N–H and O–H groups in total. The highest BCUT2D eigenvalue weighted by atomic mass is 32.1. The third-order valence-electron chi connectivity index (χ3n) is 2.55. The van der Waals surface area contributed by atoms with Gasteiger partial charge in [0.05, 0.1) is 5.60 Å². The molecule has 0 unspecified atom stereocenters. The van der Waals surface area contributed by atoms with Crippen LogP contribution in [-0.2, 0) is 5.60 Å². The van der Waals surface area contributed by atoms with Crippen LogP contribution in [-0.4, -0.2) is 5.11 Å². The standard InChI is InChI=1S/C13H22OS/c1-10(2)7-13(14,8-11(3)4)12-5-6-15-9-12/h5-6,9-11,14H,7-8H2,1-4H3. The normalized spacial score (nSPS) is 12.7. The predicted octanol–water partition coefficient (Wildman–Crippen LogP) is 4.03. The zero-order valence-corrected chi connectivity index (χ0v) is 11.0. The maximum Gasteiger partial charge on any atom is 0.0909 e. The van der Waals surface area contributed by atoms with Crippen LogP contribution in [0.2, 0.25) is 0 Å². The molecule has 86 valence electrons. The van der Waals surface area contributed by atoms with Gasteiger partial charge in [-0.1, -0.05) is 27.7 Å². The highest BCUT2D eigenvalue weighted by Gasteiger charge is 2.31. The van der Waals surface area contributed by atoms with Crippen LogP contribution in [0.15, 0.2) is 16.8 Å². The summed E-state index contributed by atoms with van der Waals surface area (Å²) in [7, 11) is 0. The Morgan fingerprint density at radius 1 is 1.20 bits per heavy atom. The van der Waals surface area contributed by atoms with Crippen LogP contribution in [0.3, 0.4) is 0 Å². The molecule has 0 amide bonds. The molecule has 0 aliphatic rings. The minimum atomic E-state index is -0.623.